The quantitative estimate of drug-likeness (QED) is 0.293. The Balaban J connectivity index is 1.41. The maximum Gasteiger partial charge on any atom is 0.254 e. The Hall–Kier alpha value is -3.95. The van der Waals surface area contributed by atoms with Crippen molar-refractivity contribution in [2.75, 3.05) is 0 Å². The molecule has 2 bridgehead atoms. The Morgan fingerprint density at radius 1 is 1.03 bits per heavy atom. The minimum absolute atomic E-state index is 0.189. The zero-order valence-electron chi connectivity index (χ0n) is 19.3. The first-order valence-electron chi connectivity index (χ1n) is 11.7. The molecule has 2 aromatic carbocycles. The summed E-state index contributed by atoms with van der Waals surface area (Å²) in [6.45, 7) is 0. The lowest BCUT2D eigenvalue weighted by molar-refractivity contribution is 0.0391. The number of carbonyl (C=O) groups excluding carboxylic acids is 1. The molecule has 2 aliphatic heterocycles. The van der Waals surface area contributed by atoms with Crippen LogP contribution in [0.15, 0.2) is 48.8 Å². The van der Waals surface area contributed by atoms with Crippen LogP contribution in [0.1, 0.15) is 46.9 Å². The van der Waals surface area contributed by atoms with Crippen molar-refractivity contribution >= 4 is 5.91 Å². The Morgan fingerprint density at radius 3 is 2.53 bits per heavy atom. The van der Waals surface area contributed by atoms with E-state index in [0.29, 0.717) is 29.9 Å². The molecule has 1 fully saturated rings. The van der Waals surface area contributed by atoms with Crippen LogP contribution in [-0.4, -0.2) is 36.4 Å². The highest BCUT2D eigenvalue weighted by Gasteiger charge is 2.43. The number of amides is 1. The van der Waals surface area contributed by atoms with Crippen molar-refractivity contribution in [3.8, 4) is 16.9 Å². The normalized spacial score (nSPS) is 18.9. The molecule has 2 atom stereocenters. The molecule has 4 heterocycles. The van der Waals surface area contributed by atoms with Gasteiger partial charge in [0.15, 0.2) is 17.5 Å². The Morgan fingerprint density at radius 2 is 1.81 bits per heavy atom. The number of fused-ring (bicyclic) bond motifs is 4. The number of carbonyl (C=O) groups is 1. The molecular formula is C26H21F4N5O. The SMILES string of the molecule is Cn1nc2c(c1-c1cc(F)c(F)c(F)c1)C[C@H]1CCC[C@H]2N1C(=O)c1cc(F)cc(-n2cccn2)c1. The molecular weight excluding hydrogens is 474 g/mol. The monoisotopic (exact) mass is 495 g/mol. The minimum Gasteiger partial charge on any atom is -0.327 e. The molecule has 0 spiro atoms. The van der Waals surface area contributed by atoms with Crippen LogP contribution in [-0.2, 0) is 13.5 Å². The van der Waals surface area contributed by atoms with Crippen LogP contribution in [0.5, 0.6) is 0 Å². The van der Waals surface area contributed by atoms with E-state index in [2.05, 4.69) is 10.2 Å². The van der Waals surface area contributed by atoms with Gasteiger partial charge in [0, 0.05) is 42.2 Å². The maximum atomic E-state index is 14.5. The smallest absolute Gasteiger partial charge is 0.254 e. The van der Waals surface area contributed by atoms with Crippen molar-refractivity contribution in [1.82, 2.24) is 24.5 Å². The summed E-state index contributed by atoms with van der Waals surface area (Å²) in [5.41, 5.74) is 2.77. The topological polar surface area (TPSA) is 56.0 Å². The largest absolute Gasteiger partial charge is 0.327 e. The van der Waals surface area contributed by atoms with E-state index in [-0.39, 0.29) is 29.1 Å². The fourth-order valence-corrected chi connectivity index (χ4v) is 5.60. The zero-order chi connectivity index (χ0) is 25.1. The molecule has 1 saturated heterocycles. The molecule has 2 aliphatic rings. The van der Waals surface area contributed by atoms with Gasteiger partial charge >= 0.3 is 0 Å². The van der Waals surface area contributed by atoms with E-state index in [4.69, 9.17) is 0 Å². The summed E-state index contributed by atoms with van der Waals surface area (Å²) in [4.78, 5) is 15.5. The molecule has 0 radical (unpaired) electrons. The van der Waals surface area contributed by atoms with Crippen LogP contribution >= 0.6 is 0 Å². The lowest BCUT2D eigenvalue weighted by Gasteiger charge is -2.45. The summed E-state index contributed by atoms with van der Waals surface area (Å²) in [5, 5.41) is 8.75. The van der Waals surface area contributed by atoms with Crippen molar-refractivity contribution in [3.63, 3.8) is 0 Å². The average Bonchev–Trinajstić information content (AvgIpc) is 3.49. The number of nitrogens with zero attached hydrogens (tertiary/aromatic N) is 5. The molecule has 0 saturated carbocycles. The number of hydrogen-bond acceptors (Lipinski definition) is 3. The van der Waals surface area contributed by atoms with Gasteiger partial charge in [-0.15, -0.1) is 0 Å². The average molecular weight is 495 g/mol. The van der Waals surface area contributed by atoms with Gasteiger partial charge in [-0.3, -0.25) is 9.48 Å². The Labute approximate surface area is 203 Å². The van der Waals surface area contributed by atoms with E-state index >= 15 is 0 Å². The van der Waals surface area contributed by atoms with Crippen molar-refractivity contribution in [3.05, 3.63) is 88.9 Å². The molecule has 36 heavy (non-hydrogen) atoms. The number of benzene rings is 2. The minimum atomic E-state index is -1.52. The summed E-state index contributed by atoms with van der Waals surface area (Å²) >= 11 is 0. The maximum absolute atomic E-state index is 14.5. The van der Waals surface area contributed by atoms with Crippen molar-refractivity contribution in [2.24, 2.45) is 7.05 Å². The number of piperidine rings is 1. The van der Waals surface area contributed by atoms with E-state index < -0.39 is 23.3 Å². The van der Waals surface area contributed by atoms with Gasteiger partial charge in [-0.05, 0) is 62.1 Å². The summed E-state index contributed by atoms with van der Waals surface area (Å²) in [5.74, 6) is -4.92. The van der Waals surface area contributed by atoms with E-state index in [1.54, 1.807) is 36.5 Å². The highest BCUT2D eigenvalue weighted by Crippen LogP contribution is 2.45. The molecule has 0 N–H and O–H groups in total. The van der Waals surface area contributed by atoms with E-state index in [1.807, 2.05) is 0 Å². The molecule has 184 valence electrons. The first kappa shape index (κ1) is 22.5. The molecule has 6 nitrogen and oxygen atoms in total. The Kier molecular flexibility index (Phi) is 5.20. The first-order valence-corrected chi connectivity index (χ1v) is 11.7. The van der Waals surface area contributed by atoms with Gasteiger partial charge in [-0.2, -0.15) is 10.2 Å². The number of halogens is 4. The summed E-state index contributed by atoms with van der Waals surface area (Å²) in [6.07, 6.45) is 5.92. The summed E-state index contributed by atoms with van der Waals surface area (Å²) < 4.78 is 59.1. The third-order valence-corrected chi connectivity index (χ3v) is 7.07. The van der Waals surface area contributed by atoms with Gasteiger partial charge in [0.05, 0.1) is 23.1 Å². The predicted octanol–water partition coefficient (Wildman–Crippen LogP) is 5.12. The molecule has 4 aromatic rings. The van der Waals surface area contributed by atoms with Crippen LogP contribution in [0.3, 0.4) is 0 Å². The molecule has 6 rings (SSSR count). The third kappa shape index (κ3) is 3.51. The van der Waals surface area contributed by atoms with Gasteiger partial charge in [0.2, 0.25) is 0 Å². The van der Waals surface area contributed by atoms with Crippen LogP contribution in [0.4, 0.5) is 17.6 Å². The summed E-state index contributed by atoms with van der Waals surface area (Å²) in [7, 11) is 1.66. The number of aryl methyl sites for hydroxylation is 1. The molecule has 1 amide bonds. The fraction of sp³-hybridized carbons (Fsp3) is 0.269. The number of rotatable bonds is 3. The summed E-state index contributed by atoms with van der Waals surface area (Å²) in [6, 6.07) is 7.21. The standard InChI is InChI=1S/C26H21F4N5O/c1-33-25(14-10-20(28)23(30)21(29)11-14)19-13-17-4-2-5-22(24(19)32-33)35(17)26(36)15-8-16(27)12-18(9-15)34-7-3-6-31-34/h3,6-12,17,22H,2,4-5,13H2,1H3/t17-,22-/m1/s1. The van der Waals surface area contributed by atoms with Crippen LogP contribution in [0.2, 0.25) is 0 Å². The van der Waals surface area contributed by atoms with Crippen molar-refractivity contribution in [2.45, 2.75) is 37.8 Å². The third-order valence-electron chi connectivity index (χ3n) is 7.07. The number of hydrogen-bond donors (Lipinski definition) is 0. The zero-order valence-corrected chi connectivity index (χ0v) is 19.3. The van der Waals surface area contributed by atoms with Crippen molar-refractivity contribution in [1.29, 1.82) is 0 Å². The van der Waals surface area contributed by atoms with Gasteiger partial charge in [-0.25, -0.2) is 22.2 Å². The fourth-order valence-electron chi connectivity index (χ4n) is 5.60. The van der Waals surface area contributed by atoms with Crippen molar-refractivity contribution < 1.29 is 22.4 Å². The van der Waals surface area contributed by atoms with Crippen LogP contribution in [0, 0.1) is 23.3 Å². The lowest BCUT2D eigenvalue weighted by atomic mass is 9.81. The van der Waals surface area contributed by atoms with E-state index in [1.165, 1.54) is 21.5 Å². The molecule has 2 aromatic heterocycles. The molecule has 10 heteroatoms. The predicted molar refractivity (Wildman–Crippen MR) is 122 cm³/mol. The molecule has 0 unspecified atom stereocenters. The van der Waals surface area contributed by atoms with Crippen LogP contribution in [0.25, 0.3) is 16.9 Å². The van der Waals surface area contributed by atoms with E-state index in [9.17, 15) is 22.4 Å². The lowest BCUT2D eigenvalue weighted by Crippen LogP contribution is -2.49. The van der Waals surface area contributed by atoms with Gasteiger partial charge in [-0.1, -0.05) is 0 Å². The second kappa shape index (κ2) is 8.32. The number of aromatic nitrogens is 4. The van der Waals surface area contributed by atoms with Crippen LogP contribution < -0.4 is 0 Å². The Bertz CT molecular complexity index is 1470. The highest BCUT2D eigenvalue weighted by atomic mass is 19.2. The van der Waals surface area contributed by atoms with Gasteiger partial charge < -0.3 is 4.90 Å². The highest BCUT2D eigenvalue weighted by molar-refractivity contribution is 5.95. The van der Waals surface area contributed by atoms with Gasteiger partial charge in [0.25, 0.3) is 5.91 Å². The van der Waals surface area contributed by atoms with E-state index in [0.717, 1.165) is 30.5 Å². The first-order chi connectivity index (χ1) is 17.3. The second-order valence-corrected chi connectivity index (χ2v) is 9.26. The molecule has 0 aliphatic carbocycles. The second-order valence-electron chi connectivity index (χ2n) is 9.26. The van der Waals surface area contributed by atoms with Gasteiger partial charge in [0.1, 0.15) is 5.82 Å².